The number of hydrogen-bond donors (Lipinski definition) is 0. The number of halogens is 1. The molecule has 1 aromatic heterocycles. The van der Waals surface area contributed by atoms with E-state index in [4.69, 9.17) is 4.74 Å². The van der Waals surface area contributed by atoms with Gasteiger partial charge in [0, 0.05) is 26.4 Å². The van der Waals surface area contributed by atoms with Gasteiger partial charge in [-0.2, -0.15) is 0 Å². The Hall–Kier alpha value is -1.16. The number of aromatic nitrogens is 1. The fraction of sp³-hybridized carbons (Fsp3) is 0.545. The van der Waals surface area contributed by atoms with Gasteiger partial charge in [0.2, 0.25) is 0 Å². The molecule has 1 saturated heterocycles. The zero-order valence-corrected chi connectivity index (χ0v) is 8.82. The molecule has 1 aromatic rings. The van der Waals surface area contributed by atoms with Crippen molar-refractivity contribution in [2.24, 2.45) is 0 Å². The Morgan fingerprint density at radius 2 is 2.20 bits per heavy atom. The largest absolute Gasteiger partial charge is 0.381 e. The average molecular weight is 210 g/mol. The van der Waals surface area contributed by atoms with Crippen LogP contribution in [0.15, 0.2) is 18.3 Å². The minimum Gasteiger partial charge on any atom is -0.381 e. The second-order valence-corrected chi connectivity index (χ2v) is 3.73. The van der Waals surface area contributed by atoms with Crippen molar-refractivity contribution in [2.45, 2.75) is 18.9 Å². The van der Waals surface area contributed by atoms with E-state index in [9.17, 15) is 4.39 Å². The predicted molar refractivity (Wildman–Crippen MR) is 56.4 cm³/mol. The topological polar surface area (TPSA) is 25.4 Å². The Morgan fingerprint density at radius 3 is 2.80 bits per heavy atom. The summed E-state index contributed by atoms with van der Waals surface area (Å²) in [6.45, 7) is 1.62. The molecule has 3 nitrogen and oxygen atoms in total. The van der Waals surface area contributed by atoms with Crippen molar-refractivity contribution >= 4 is 5.82 Å². The molecule has 0 radical (unpaired) electrons. The van der Waals surface area contributed by atoms with Gasteiger partial charge in [-0.25, -0.2) is 9.37 Å². The fourth-order valence-electron chi connectivity index (χ4n) is 1.91. The van der Waals surface area contributed by atoms with Gasteiger partial charge in [-0.05, 0) is 25.0 Å². The monoisotopic (exact) mass is 210 g/mol. The smallest absolute Gasteiger partial charge is 0.165 e. The number of ether oxygens (including phenoxy) is 1. The van der Waals surface area contributed by atoms with Gasteiger partial charge in [0.15, 0.2) is 11.6 Å². The van der Waals surface area contributed by atoms with Crippen LogP contribution >= 0.6 is 0 Å². The van der Waals surface area contributed by atoms with E-state index in [1.165, 1.54) is 6.07 Å². The maximum Gasteiger partial charge on any atom is 0.165 e. The summed E-state index contributed by atoms with van der Waals surface area (Å²) in [5.41, 5.74) is 0. The molecule has 0 unspecified atom stereocenters. The first-order chi connectivity index (χ1) is 7.31. The molecule has 2 rings (SSSR count). The molecule has 0 atom stereocenters. The summed E-state index contributed by atoms with van der Waals surface area (Å²) >= 11 is 0. The van der Waals surface area contributed by atoms with Crippen molar-refractivity contribution < 1.29 is 9.13 Å². The third kappa shape index (κ3) is 2.26. The van der Waals surface area contributed by atoms with E-state index in [1.807, 2.05) is 4.90 Å². The van der Waals surface area contributed by atoms with Crippen molar-refractivity contribution in [1.29, 1.82) is 0 Å². The zero-order chi connectivity index (χ0) is 10.7. The molecule has 1 fully saturated rings. The van der Waals surface area contributed by atoms with Crippen molar-refractivity contribution in [1.82, 2.24) is 4.98 Å². The third-order valence-corrected chi connectivity index (χ3v) is 2.81. The Morgan fingerprint density at radius 1 is 1.47 bits per heavy atom. The molecule has 0 spiro atoms. The first-order valence-corrected chi connectivity index (χ1v) is 5.19. The van der Waals surface area contributed by atoms with E-state index in [-0.39, 0.29) is 5.82 Å². The maximum absolute atomic E-state index is 13.4. The van der Waals surface area contributed by atoms with E-state index >= 15 is 0 Å². The maximum atomic E-state index is 13.4. The molecular formula is C11H15FN2O. The molecule has 0 amide bonds. The fourth-order valence-corrected chi connectivity index (χ4v) is 1.91. The normalized spacial score (nSPS) is 18.1. The second-order valence-electron chi connectivity index (χ2n) is 3.73. The molecular weight excluding hydrogens is 195 g/mol. The number of nitrogens with zero attached hydrogens (tertiary/aromatic N) is 2. The molecule has 0 aliphatic carbocycles. The Kier molecular flexibility index (Phi) is 3.16. The highest BCUT2D eigenvalue weighted by atomic mass is 19.1. The Bertz CT molecular complexity index is 324. The van der Waals surface area contributed by atoms with E-state index in [0.717, 1.165) is 25.9 Å². The van der Waals surface area contributed by atoms with Gasteiger partial charge in [0.25, 0.3) is 0 Å². The van der Waals surface area contributed by atoms with Crippen LogP contribution in [0.3, 0.4) is 0 Å². The number of anilines is 1. The number of piperidine rings is 1. The molecule has 0 saturated carbocycles. The summed E-state index contributed by atoms with van der Waals surface area (Å²) < 4.78 is 18.7. The lowest BCUT2D eigenvalue weighted by Gasteiger charge is -2.32. The predicted octanol–water partition coefficient (Wildman–Crippen LogP) is 1.84. The van der Waals surface area contributed by atoms with Gasteiger partial charge < -0.3 is 9.64 Å². The Balaban J connectivity index is 2.04. The molecule has 0 bridgehead atoms. The summed E-state index contributed by atoms with van der Waals surface area (Å²) in [7, 11) is 1.72. The summed E-state index contributed by atoms with van der Waals surface area (Å²) in [6.07, 6.45) is 3.81. The first kappa shape index (κ1) is 10.4. The van der Waals surface area contributed by atoms with Crippen molar-refractivity contribution in [3.63, 3.8) is 0 Å². The van der Waals surface area contributed by atoms with Crippen LogP contribution < -0.4 is 4.90 Å². The van der Waals surface area contributed by atoms with Crippen LogP contribution in [0, 0.1) is 5.82 Å². The van der Waals surface area contributed by atoms with Gasteiger partial charge >= 0.3 is 0 Å². The standard InChI is InChI=1S/C11H15FN2O/c1-15-9-4-7-14(8-5-9)11-10(12)3-2-6-13-11/h2-3,6,9H,4-5,7-8H2,1H3. The summed E-state index contributed by atoms with van der Waals surface area (Å²) in [6, 6.07) is 3.06. The lowest BCUT2D eigenvalue weighted by atomic mass is 10.1. The molecule has 15 heavy (non-hydrogen) atoms. The van der Waals surface area contributed by atoms with Gasteiger partial charge in [0.1, 0.15) is 0 Å². The van der Waals surface area contributed by atoms with Crippen LogP contribution in [0.4, 0.5) is 10.2 Å². The van der Waals surface area contributed by atoms with E-state index < -0.39 is 0 Å². The van der Waals surface area contributed by atoms with Crippen LogP contribution in [0.1, 0.15) is 12.8 Å². The molecule has 0 N–H and O–H groups in total. The average Bonchev–Trinajstić information content (AvgIpc) is 2.30. The molecule has 1 aliphatic rings. The van der Waals surface area contributed by atoms with Crippen LogP contribution in [-0.2, 0) is 4.74 Å². The van der Waals surface area contributed by atoms with E-state index in [0.29, 0.717) is 11.9 Å². The second kappa shape index (κ2) is 4.57. The third-order valence-electron chi connectivity index (χ3n) is 2.81. The lowest BCUT2D eigenvalue weighted by Crippen LogP contribution is -2.37. The SMILES string of the molecule is COC1CCN(c2ncccc2F)CC1. The number of hydrogen-bond acceptors (Lipinski definition) is 3. The van der Waals surface area contributed by atoms with Gasteiger partial charge in [-0.15, -0.1) is 0 Å². The van der Waals surface area contributed by atoms with E-state index in [2.05, 4.69) is 4.98 Å². The van der Waals surface area contributed by atoms with Crippen LogP contribution in [0.25, 0.3) is 0 Å². The van der Waals surface area contributed by atoms with Crippen molar-refractivity contribution in [3.8, 4) is 0 Å². The van der Waals surface area contributed by atoms with E-state index in [1.54, 1.807) is 19.4 Å². The number of methoxy groups -OCH3 is 1. The molecule has 2 heterocycles. The highest BCUT2D eigenvalue weighted by molar-refractivity contribution is 5.39. The highest BCUT2D eigenvalue weighted by Crippen LogP contribution is 2.21. The quantitative estimate of drug-likeness (QED) is 0.744. The summed E-state index contributed by atoms with van der Waals surface area (Å²) in [5.74, 6) is 0.223. The first-order valence-electron chi connectivity index (χ1n) is 5.19. The van der Waals surface area contributed by atoms with Gasteiger partial charge in [0.05, 0.1) is 6.10 Å². The molecule has 4 heteroatoms. The van der Waals surface area contributed by atoms with Crippen molar-refractivity contribution in [3.05, 3.63) is 24.1 Å². The summed E-state index contributed by atoms with van der Waals surface area (Å²) in [5, 5.41) is 0. The Labute approximate surface area is 88.9 Å². The van der Waals surface area contributed by atoms with Gasteiger partial charge in [-0.1, -0.05) is 0 Å². The van der Waals surface area contributed by atoms with Crippen LogP contribution in [0.5, 0.6) is 0 Å². The number of pyridine rings is 1. The zero-order valence-electron chi connectivity index (χ0n) is 8.82. The minimum absolute atomic E-state index is 0.242. The molecule has 82 valence electrons. The minimum atomic E-state index is -0.242. The highest BCUT2D eigenvalue weighted by Gasteiger charge is 2.21. The van der Waals surface area contributed by atoms with Crippen molar-refractivity contribution in [2.75, 3.05) is 25.1 Å². The van der Waals surface area contributed by atoms with Crippen LogP contribution in [0.2, 0.25) is 0 Å². The molecule has 1 aliphatic heterocycles. The van der Waals surface area contributed by atoms with Crippen LogP contribution in [-0.4, -0.2) is 31.3 Å². The molecule has 0 aromatic carbocycles. The summed E-state index contributed by atoms with van der Waals surface area (Å²) in [4.78, 5) is 6.04. The number of rotatable bonds is 2. The van der Waals surface area contributed by atoms with Gasteiger partial charge in [-0.3, -0.25) is 0 Å². The lowest BCUT2D eigenvalue weighted by molar-refractivity contribution is 0.0816.